The molecule has 1 fully saturated rings. The quantitative estimate of drug-likeness (QED) is 0.876. The number of rotatable bonds is 3. The van der Waals surface area contributed by atoms with Gasteiger partial charge in [0.2, 0.25) is 0 Å². The highest BCUT2D eigenvalue weighted by atomic mass is 19.4. The first-order valence-electron chi connectivity index (χ1n) is 5.61. The van der Waals surface area contributed by atoms with Gasteiger partial charge in [-0.15, -0.1) is 0 Å². The molecule has 0 radical (unpaired) electrons. The molecule has 0 bridgehead atoms. The maximum atomic E-state index is 12.8. The van der Waals surface area contributed by atoms with Gasteiger partial charge in [0.1, 0.15) is 5.82 Å². The van der Waals surface area contributed by atoms with E-state index in [0.717, 1.165) is 18.9 Å². The molecule has 1 aliphatic carbocycles. The first kappa shape index (κ1) is 12.2. The normalized spacial score (nSPS) is 17.0. The van der Waals surface area contributed by atoms with E-state index in [0.29, 0.717) is 5.92 Å². The molecular weight excluding hydrogens is 229 g/mol. The lowest BCUT2D eigenvalue weighted by Crippen LogP contribution is -2.34. The molecule has 5 heteroatoms. The number of aromatic nitrogens is 1. The molecule has 0 unspecified atom stereocenters. The zero-order chi connectivity index (χ0) is 12.7. The second kappa shape index (κ2) is 3.89. The number of alkyl halides is 3. The number of pyridine rings is 1. The SMILES string of the molecule is CC(C)(Nc1ncccc1C(F)(F)F)C1CC1. The summed E-state index contributed by atoms with van der Waals surface area (Å²) < 4.78 is 38.3. The van der Waals surface area contributed by atoms with Crippen LogP contribution in [0.4, 0.5) is 19.0 Å². The number of hydrogen-bond donors (Lipinski definition) is 1. The topological polar surface area (TPSA) is 24.9 Å². The Bertz CT molecular complexity index is 408. The third kappa shape index (κ3) is 2.70. The molecule has 1 aromatic heterocycles. The van der Waals surface area contributed by atoms with E-state index in [-0.39, 0.29) is 11.4 Å². The molecule has 94 valence electrons. The molecule has 1 heterocycles. The maximum Gasteiger partial charge on any atom is 0.419 e. The lowest BCUT2D eigenvalue weighted by Gasteiger charge is -2.28. The number of nitrogens with one attached hydrogen (secondary N) is 1. The monoisotopic (exact) mass is 244 g/mol. The van der Waals surface area contributed by atoms with Gasteiger partial charge in [-0.2, -0.15) is 13.2 Å². The summed E-state index contributed by atoms with van der Waals surface area (Å²) in [5.41, 5.74) is -1.04. The van der Waals surface area contributed by atoms with Crippen molar-refractivity contribution in [2.45, 2.75) is 38.4 Å². The van der Waals surface area contributed by atoms with Crippen LogP contribution in [0.3, 0.4) is 0 Å². The zero-order valence-electron chi connectivity index (χ0n) is 9.80. The van der Waals surface area contributed by atoms with E-state index in [1.807, 2.05) is 13.8 Å². The van der Waals surface area contributed by atoms with Gasteiger partial charge in [-0.25, -0.2) is 4.98 Å². The third-order valence-electron chi connectivity index (χ3n) is 3.15. The Morgan fingerprint density at radius 2 is 1.94 bits per heavy atom. The summed E-state index contributed by atoms with van der Waals surface area (Å²) >= 11 is 0. The largest absolute Gasteiger partial charge is 0.419 e. The molecule has 1 saturated carbocycles. The molecule has 1 N–H and O–H groups in total. The second-order valence-electron chi connectivity index (χ2n) is 5.02. The van der Waals surface area contributed by atoms with Gasteiger partial charge in [0.25, 0.3) is 0 Å². The molecule has 0 atom stereocenters. The Balaban J connectivity index is 2.26. The van der Waals surface area contributed by atoms with E-state index in [9.17, 15) is 13.2 Å². The van der Waals surface area contributed by atoms with Crippen molar-refractivity contribution in [3.63, 3.8) is 0 Å². The fourth-order valence-corrected chi connectivity index (χ4v) is 1.95. The minimum Gasteiger partial charge on any atom is -0.364 e. The molecule has 0 aromatic carbocycles. The van der Waals surface area contributed by atoms with Crippen LogP contribution in [0.1, 0.15) is 32.3 Å². The number of nitrogens with zero attached hydrogens (tertiary/aromatic N) is 1. The molecule has 17 heavy (non-hydrogen) atoms. The zero-order valence-corrected chi connectivity index (χ0v) is 9.80. The Morgan fingerprint density at radius 3 is 2.47 bits per heavy atom. The molecule has 2 rings (SSSR count). The maximum absolute atomic E-state index is 12.8. The van der Waals surface area contributed by atoms with Gasteiger partial charge in [-0.1, -0.05) is 0 Å². The van der Waals surface area contributed by atoms with Crippen LogP contribution in [-0.4, -0.2) is 10.5 Å². The van der Waals surface area contributed by atoms with Crippen molar-refractivity contribution in [3.8, 4) is 0 Å². The number of hydrogen-bond acceptors (Lipinski definition) is 2. The summed E-state index contributed by atoms with van der Waals surface area (Å²) in [5.74, 6) is 0.363. The van der Waals surface area contributed by atoms with Crippen molar-refractivity contribution >= 4 is 5.82 Å². The first-order valence-corrected chi connectivity index (χ1v) is 5.61. The molecule has 1 aliphatic rings. The summed E-state index contributed by atoms with van der Waals surface area (Å²) in [5, 5.41) is 2.92. The van der Waals surface area contributed by atoms with Crippen molar-refractivity contribution in [2.75, 3.05) is 5.32 Å². The standard InChI is InChI=1S/C12H15F3N2/c1-11(2,8-5-6-8)17-10-9(12(13,14)15)4-3-7-16-10/h3-4,7-8H,5-6H2,1-2H3,(H,16,17). The summed E-state index contributed by atoms with van der Waals surface area (Å²) in [7, 11) is 0. The van der Waals surface area contributed by atoms with E-state index < -0.39 is 11.7 Å². The van der Waals surface area contributed by atoms with Crippen LogP contribution in [0.15, 0.2) is 18.3 Å². The van der Waals surface area contributed by atoms with Gasteiger partial charge in [0.15, 0.2) is 0 Å². The van der Waals surface area contributed by atoms with Crippen LogP contribution >= 0.6 is 0 Å². The Hall–Kier alpha value is -1.26. The fourth-order valence-electron chi connectivity index (χ4n) is 1.95. The molecule has 2 nitrogen and oxygen atoms in total. The summed E-state index contributed by atoms with van der Waals surface area (Å²) in [4.78, 5) is 3.81. The molecular formula is C12H15F3N2. The van der Waals surface area contributed by atoms with Crippen LogP contribution in [0, 0.1) is 5.92 Å². The van der Waals surface area contributed by atoms with Gasteiger partial charge in [-0.05, 0) is 44.7 Å². The van der Waals surface area contributed by atoms with E-state index in [1.165, 1.54) is 12.3 Å². The van der Waals surface area contributed by atoms with Crippen LogP contribution in [0.25, 0.3) is 0 Å². The predicted octanol–water partition coefficient (Wildman–Crippen LogP) is 3.70. The van der Waals surface area contributed by atoms with Crippen LogP contribution in [-0.2, 0) is 6.18 Å². The van der Waals surface area contributed by atoms with E-state index in [1.54, 1.807) is 0 Å². The highest BCUT2D eigenvalue weighted by Gasteiger charge is 2.40. The number of halogens is 3. The van der Waals surface area contributed by atoms with Gasteiger partial charge in [-0.3, -0.25) is 0 Å². The van der Waals surface area contributed by atoms with Gasteiger partial charge < -0.3 is 5.32 Å². The second-order valence-corrected chi connectivity index (χ2v) is 5.02. The lowest BCUT2D eigenvalue weighted by atomic mass is 9.98. The van der Waals surface area contributed by atoms with Gasteiger partial charge in [0.05, 0.1) is 5.56 Å². The minimum absolute atomic E-state index is 0.0723. The third-order valence-corrected chi connectivity index (χ3v) is 3.15. The highest BCUT2D eigenvalue weighted by Crippen LogP contribution is 2.42. The Kier molecular flexibility index (Phi) is 2.79. The van der Waals surface area contributed by atoms with E-state index >= 15 is 0 Å². The Labute approximate surface area is 98.2 Å². The highest BCUT2D eigenvalue weighted by molar-refractivity contribution is 5.47. The van der Waals surface area contributed by atoms with E-state index in [2.05, 4.69) is 10.3 Å². The predicted molar refractivity (Wildman–Crippen MR) is 59.7 cm³/mol. The van der Waals surface area contributed by atoms with E-state index in [4.69, 9.17) is 0 Å². The van der Waals surface area contributed by atoms with Gasteiger partial charge in [0, 0.05) is 11.7 Å². The summed E-state index contributed by atoms with van der Waals surface area (Å²) in [6.07, 6.45) is -0.862. The van der Waals surface area contributed by atoms with Crippen LogP contribution in [0.2, 0.25) is 0 Å². The van der Waals surface area contributed by atoms with Crippen molar-refractivity contribution in [1.29, 1.82) is 0 Å². The van der Waals surface area contributed by atoms with Crippen molar-refractivity contribution < 1.29 is 13.2 Å². The fraction of sp³-hybridized carbons (Fsp3) is 0.583. The molecule has 0 saturated heterocycles. The average Bonchev–Trinajstić information content (AvgIpc) is 2.99. The van der Waals surface area contributed by atoms with Crippen LogP contribution in [0.5, 0.6) is 0 Å². The molecule has 1 aromatic rings. The average molecular weight is 244 g/mol. The van der Waals surface area contributed by atoms with Gasteiger partial charge >= 0.3 is 6.18 Å². The molecule has 0 amide bonds. The summed E-state index contributed by atoms with van der Waals surface area (Å²) in [6, 6.07) is 2.36. The van der Waals surface area contributed by atoms with Crippen molar-refractivity contribution in [1.82, 2.24) is 4.98 Å². The first-order chi connectivity index (χ1) is 7.81. The molecule has 0 aliphatic heterocycles. The summed E-state index contributed by atoms with van der Waals surface area (Å²) in [6.45, 7) is 3.83. The number of anilines is 1. The molecule has 0 spiro atoms. The van der Waals surface area contributed by atoms with Crippen LogP contribution < -0.4 is 5.32 Å². The smallest absolute Gasteiger partial charge is 0.364 e. The minimum atomic E-state index is -4.36. The van der Waals surface area contributed by atoms with Crippen molar-refractivity contribution in [3.05, 3.63) is 23.9 Å². The Morgan fingerprint density at radius 1 is 1.29 bits per heavy atom. The lowest BCUT2D eigenvalue weighted by molar-refractivity contribution is -0.137. The van der Waals surface area contributed by atoms with Crippen molar-refractivity contribution in [2.24, 2.45) is 5.92 Å².